The Kier molecular flexibility index (Phi) is 3.22. The first-order valence-corrected chi connectivity index (χ1v) is 8.01. The van der Waals surface area contributed by atoms with Crippen LogP contribution in [0, 0.1) is 0 Å². The van der Waals surface area contributed by atoms with Crippen molar-refractivity contribution >= 4 is 33.0 Å². The predicted molar refractivity (Wildman–Crippen MR) is 74.7 cm³/mol. The Labute approximate surface area is 123 Å². The van der Waals surface area contributed by atoms with Crippen molar-refractivity contribution in [1.29, 1.82) is 0 Å². The molecule has 7 nitrogen and oxygen atoms in total. The van der Waals surface area contributed by atoms with Gasteiger partial charge in [0.1, 0.15) is 9.09 Å². The zero-order chi connectivity index (χ0) is 15.0. The number of benzene rings is 1. The average Bonchev–Trinajstić information content (AvgIpc) is 3.07. The summed E-state index contributed by atoms with van der Waals surface area (Å²) in [6.07, 6.45) is 0. The van der Waals surface area contributed by atoms with Crippen LogP contribution < -0.4 is 14.2 Å². The summed E-state index contributed by atoms with van der Waals surface area (Å²) in [5, 5.41) is 8.82. The van der Waals surface area contributed by atoms with Crippen LogP contribution in [0.3, 0.4) is 0 Å². The fourth-order valence-electron chi connectivity index (χ4n) is 1.74. The quantitative estimate of drug-likeness (QED) is 0.890. The highest BCUT2D eigenvalue weighted by atomic mass is 32.2. The zero-order valence-corrected chi connectivity index (χ0v) is 12.0. The fourth-order valence-corrected chi connectivity index (χ4v) is 3.94. The lowest BCUT2D eigenvalue weighted by molar-refractivity contribution is 0.0702. The number of hydrogen-bond donors (Lipinski definition) is 2. The Morgan fingerprint density at radius 3 is 2.67 bits per heavy atom. The van der Waals surface area contributed by atoms with E-state index in [1.54, 1.807) is 6.07 Å². The second-order valence-corrected chi connectivity index (χ2v) is 7.09. The van der Waals surface area contributed by atoms with Gasteiger partial charge in [-0.1, -0.05) is 0 Å². The van der Waals surface area contributed by atoms with Crippen LogP contribution in [0.25, 0.3) is 0 Å². The Hall–Kier alpha value is -2.26. The lowest BCUT2D eigenvalue weighted by Crippen LogP contribution is -2.11. The molecule has 0 spiro atoms. The molecular formula is C12H9NO6S2. The number of rotatable bonds is 4. The summed E-state index contributed by atoms with van der Waals surface area (Å²) >= 11 is 0.687. The van der Waals surface area contributed by atoms with Crippen molar-refractivity contribution in [3.8, 4) is 11.5 Å². The number of anilines is 1. The molecule has 2 N–H and O–H groups in total. The number of thiophene rings is 1. The van der Waals surface area contributed by atoms with E-state index >= 15 is 0 Å². The van der Waals surface area contributed by atoms with Crippen LogP contribution in [-0.4, -0.2) is 26.3 Å². The van der Waals surface area contributed by atoms with Crippen LogP contribution in [0.4, 0.5) is 5.69 Å². The van der Waals surface area contributed by atoms with E-state index in [4.69, 9.17) is 14.6 Å². The number of carboxylic acid groups (broad SMARTS) is 1. The molecule has 1 aliphatic heterocycles. The summed E-state index contributed by atoms with van der Waals surface area (Å²) in [4.78, 5) is 10.8. The Morgan fingerprint density at radius 1 is 1.19 bits per heavy atom. The van der Waals surface area contributed by atoms with Gasteiger partial charge in [-0.15, -0.1) is 11.3 Å². The molecule has 9 heteroatoms. The molecule has 0 aliphatic carbocycles. The van der Waals surface area contributed by atoms with Crippen molar-refractivity contribution in [1.82, 2.24) is 0 Å². The number of carboxylic acids is 1. The van der Waals surface area contributed by atoms with E-state index in [0.29, 0.717) is 28.5 Å². The van der Waals surface area contributed by atoms with Gasteiger partial charge >= 0.3 is 5.97 Å². The predicted octanol–water partition coefficient (Wildman–Crippen LogP) is 1.98. The minimum absolute atomic E-state index is 0.0407. The number of nitrogens with one attached hydrogen (secondary N) is 1. The monoisotopic (exact) mass is 327 g/mol. The molecule has 110 valence electrons. The lowest BCUT2D eigenvalue weighted by Gasteiger charge is -2.06. The van der Waals surface area contributed by atoms with Crippen LogP contribution in [0.5, 0.6) is 11.5 Å². The summed E-state index contributed by atoms with van der Waals surface area (Å²) in [6, 6.07) is 7.14. The number of ether oxygens (including phenoxy) is 2. The van der Waals surface area contributed by atoms with Gasteiger partial charge in [0.05, 0.1) is 5.69 Å². The van der Waals surface area contributed by atoms with Gasteiger partial charge in [-0.25, -0.2) is 13.2 Å². The van der Waals surface area contributed by atoms with Crippen molar-refractivity contribution in [2.75, 3.05) is 11.5 Å². The summed E-state index contributed by atoms with van der Waals surface area (Å²) in [5.41, 5.74) is 0.310. The van der Waals surface area contributed by atoms with Crippen molar-refractivity contribution in [2.24, 2.45) is 0 Å². The van der Waals surface area contributed by atoms with Crippen LogP contribution in [0.15, 0.2) is 34.5 Å². The van der Waals surface area contributed by atoms with Gasteiger partial charge in [0.15, 0.2) is 11.5 Å². The Morgan fingerprint density at radius 2 is 1.95 bits per heavy atom. The van der Waals surface area contributed by atoms with Gasteiger partial charge in [-0.2, -0.15) is 0 Å². The Bertz CT molecular complexity index is 811. The lowest BCUT2D eigenvalue weighted by atomic mass is 10.3. The molecule has 0 unspecified atom stereocenters. The van der Waals surface area contributed by atoms with E-state index in [0.717, 1.165) is 0 Å². The van der Waals surface area contributed by atoms with E-state index < -0.39 is 16.0 Å². The third-order valence-electron chi connectivity index (χ3n) is 2.68. The topological polar surface area (TPSA) is 102 Å². The van der Waals surface area contributed by atoms with Crippen LogP contribution >= 0.6 is 11.3 Å². The van der Waals surface area contributed by atoms with E-state index in [9.17, 15) is 13.2 Å². The molecule has 0 fully saturated rings. The van der Waals surface area contributed by atoms with Crippen LogP contribution in [-0.2, 0) is 10.0 Å². The van der Waals surface area contributed by atoms with Gasteiger partial charge < -0.3 is 14.6 Å². The normalized spacial score (nSPS) is 13.1. The van der Waals surface area contributed by atoms with Gasteiger partial charge in [-0.3, -0.25) is 4.72 Å². The highest BCUT2D eigenvalue weighted by Crippen LogP contribution is 2.35. The number of sulfonamides is 1. The molecule has 21 heavy (non-hydrogen) atoms. The summed E-state index contributed by atoms with van der Waals surface area (Å²) < 4.78 is 36.9. The van der Waals surface area contributed by atoms with Crippen molar-refractivity contribution in [2.45, 2.75) is 4.21 Å². The first-order chi connectivity index (χ1) is 9.95. The van der Waals surface area contributed by atoms with Gasteiger partial charge in [0, 0.05) is 6.07 Å². The van der Waals surface area contributed by atoms with Crippen molar-refractivity contribution in [3.05, 3.63) is 35.2 Å². The van der Waals surface area contributed by atoms with Crippen LogP contribution in [0.2, 0.25) is 0 Å². The minimum Gasteiger partial charge on any atom is -0.477 e. The molecule has 0 saturated carbocycles. The average molecular weight is 327 g/mol. The first-order valence-electron chi connectivity index (χ1n) is 5.71. The molecule has 0 amide bonds. The molecule has 2 heterocycles. The molecule has 0 radical (unpaired) electrons. The fraction of sp³-hybridized carbons (Fsp3) is 0.0833. The smallest absolute Gasteiger partial charge is 0.345 e. The molecular weight excluding hydrogens is 318 g/mol. The standard InChI is InChI=1S/C12H9NO6S2/c14-12(15)10-3-4-11(20-10)21(16,17)13-7-1-2-8-9(5-7)19-6-18-8/h1-5,13H,6H2,(H,14,15). The summed E-state index contributed by atoms with van der Waals surface area (Å²) in [5.74, 6) is -0.167. The third-order valence-corrected chi connectivity index (χ3v) is 5.63. The maximum Gasteiger partial charge on any atom is 0.345 e. The van der Waals surface area contributed by atoms with E-state index in [1.807, 2.05) is 0 Å². The number of carbonyl (C=O) groups is 1. The van der Waals surface area contributed by atoms with Gasteiger partial charge in [-0.05, 0) is 24.3 Å². The SMILES string of the molecule is O=C(O)c1ccc(S(=O)(=O)Nc2ccc3c(c2)OCO3)s1. The molecule has 1 aliphatic rings. The number of fused-ring (bicyclic) bond motifs is 1. The largest absolute Gasteiger partial charge is 0.477 e. The first kappa shape index (κ1) is 13.7. The van der Waals surface area contributed by atoms with E-state index in [2.05, 4.69) is 4.72 Å². The van der Waals surface area contributed by atoms with E-state index in [1.165, 1.54) is 24.3 Å². The molecule has 1 aromatic carbocycles. The van der Waals surface area contributed by atoms with E-state index in [-0.39, 0.29) is 15.9 Å². The van der Waals surface area contributed by atoms with Crippen molar-refractivity contribution < 1.29 is 27.8 Å². The Balaban J connectivity index is 1.87. The molecule has 2 aromatic rings. The highest BCUT2D eigenvalue weighted by molar-refractivity contribution is 7.94. The second-order valence-electron chi connectivity index (χ2n) is 4.10. The number of aromatic carboxylic acids is 1. The van der Waals surface area contributed by atoms with Gasteiger partial charge in [0.2, 0.25) is 6.79 Å². The maximum absolute atomic E-state index is 12.2. The van der Waals surface area contributed by atoms with Gasteiger partial charge in [0.25, 0.3) is 10.0 Å². The zero-order valence-electron chi connectivity index (χ0n) is 10.4. The molecule has 1 aromatic heterocycles. The molecule has 3 rings (SSSR count). The molecule has 0 atom stereocenters. The summed E-state index contributed by atoms with van der Waals surface area (Å²) in [7, 11) is -3.83. The van der Waals surface area contributed by atoms with Crippen molar-refractivity contribution in [3.63, 3.8) is 0 Å². The number of hydrogen-bond acceptors (Lipinski definition) is 6. The third kappa shape index (κ3) is 2.65. The summed E-state index contributed by atoms with van der Waals surface area (Å²) in [6.45, 7) is 0.0957. The second kappa shape index (κ2) is 4.93. The highest BCUT2D eigenvalue weighted by Gasteiger charge is 2.20. The molecule has 0 saturated heterocycles. The molecule has 0 bridgehead atoms. The maximum atomic E-state index is 12.2. The van der Waals surface area contributed by atoms with Crippen LogP contribution in [0.1, 0.15) is 9.67 Å². The minimum atomic E-state index is -3.83.